The highest BCUT2D eigenvalue weighted by Crippen LogP contribution is 2.42. The van der Waals surface area contributed by atoms with Crippen molar-refractivity contribution in [3.63, 3.8) is 0 Å². The van der Waals surface area contributed by atoms with Crippen molar-refractivity contribution >= 4 is 5.91 Å². The van der Waals surface area contributed by atoms with Crippen molar-refractivity contribution in [2.75, 3.05) is 13.1 Å². The minimum atomic E-state index is 0.0973. The van der Waals surface area contributed by atoms with Gasteiger partial charge in [0.1, 0.15) is 0 Å². The van der Waals surface area contributed by atoms with E-state index in [1.807, 2.05) is 18.2 Å². The van der Waals surface area contributed by atoms with Crippen LogP contribution in [-0.4, -0.2) is 19.0 Å². The molecule has 1 aromatic rings. The average Bonchev–Trinajstić information content (AvgIpc) is 2.41. The molecule has 0 saturated heterocycles. The van der Waals surface area contributed by atoms with Gasteiger partial charge in [0.25, 0.3) is 0 Å². The normalized spacial score (nSPS) is 18.4. The maximum atomic E-state index is 12.0. The summed E-state index contributed by atoms with van der Waals surface area (Å²) in [7, 11) is 0. The van der Waals surface area contributed by atoms with Crippen molar-refractivity contribution in [1.29, 1.82) is 0 Å². The highest BCUT2D eigenvalue weighted by Gasteiger charge is 2.37. The van der Waals surface area contributed by atoms with Gasteiger partial charge < -0.3 is 11.1 Å². The van der Waals surface area contributed by atoms with E-state index < -0.39 is 0 Å². The molecule has 3 heteroatoms. The molecule has 19 heavy (non-hydrogen) atoms. The van der Waals surface area contributed by atoms with Crippen molar-refractivity contribution in [3.8, 4) is 0 Å². The fraction of sp³-hybridized carbons (Fsp3) is 0.562. The smallest absolute Gasteiger partial charge is 0.220 e. The number of hydrogen-bond acceptors (Lipinski definition) is 2. The van der Waals surface area contributed by atoms with Crippen LogP contribution in [0.1, 0.15) is 44.1 Å². The Hall–Kier alpha value is -1.35. The van der Waals surface area contributed by atoms with Crippen molar-refractivity contribution < 1.29 is 4.79 Å². The second-order valence-electron chi connectivity index (χ2n) is 5.85. The highest BCUT2D eigenvalue weighted by atomic mass is 16.1. The number of nitrogens with one attached hydrogen (secondary N) is 1. The van der Waals surface area contributed by atoms with Crippen LogP contribution in [0.3, 0.4) is 0 Å². The molecule has 0 bridgehead atoms. The molecule has 1 aliphatic carbocycles. The molecule has 0 aromatic heterocycles. The Balaban J connectivity index is 1.77. The van der Waals surface area contributed by atoms with E-state index in [2.05, 4.69) is 24.4 Å². The van der Waals surface area contributed by atoms with Gasteiger partial charge in [0.15, 0.2) is 0 Å². The largest absolute Gasteiger partial charge is 0.355 e. The Labute approximate surface area is 115 Å². The lowest BCUT2D eigenvalue weighted by molar-refractivity contribution is -0.124. The molecule has 0 heterocycles. The molecule has 1 amide bonds. The molecule has 1 atom stereocenters. The minimum absolute atomic E-state index is 0.0973. The SMILES string of the molecule is CC(CNC(=O)CC1(CN)CCC1)c1ccccc1. The third-order valence-electron chi connectivity index (χ3n) is 4.36. The number of nitrogens with two attached hydrogens (primary N) is 1. The zero-order valence-electron chi connectivity index (χ0n) is 11.7. The van der Waals surface area contributed by atoms with Crippen LogP contribution >= 0.6 is 0 Å². The predicted molar refractivity (Wildman–Crippen MR) is 77.8 cm³/mol. The summed E-state index contributed by atoms with van der Waals surface area (Å²) < 4.78 is 0. The second-order valence-corrected chi connectivity index (χ2v) is 5.85. The molecule has 3 nitrogen and oxygen atoms in total. The molecular formula is C16H24N2O. The van der Waals surface area contributed by atoms with Gasteiger partial charge in [-0.05, 0) is 36.3 Å². The Morgan fingerprint density at radius 3 is 2.58 bits per heavy atom. The van der Waals surface area contributed by atoms with Crippen LogP contribution in [0.2, 0.25) is 0 Å². The van der Waals surface area contributed by atoms with E-state index in [1.165, 1.54) is 12.0 Å². The predicted octanol–water partition coefficient (Wildman–Crippen LogP) is 2.43. The van der Waals surface area contributed by atoms with Crippen molar-refractivity contribution in [2.45, 2.75) is 38.5 Å². The van der Waals surface area contributed by atoms with Gasteiger partial charge in [-0.1, -0.05) is 43.7 Å². The number of carbonyl (C=O) groups excluding carboxylic acids is 1. The molecule has 1 aliphatic rings. The fourth-order valence-corrected chi connectivity index (χ4v) is 2.70. The van der Waals surface area contributed by atoms with Crippen LogP contribution in [0, 0.1) is 5.41 Å². The van der Waals surface area contributed by atoms with Gasteiger partial charge in [-0.15, -0.1) is 0 Å². The molecule has 1 aromatic carbocycles. The molecule has 0 radical (unpaired) electrons. The van der Waals surface area contributed by atoms with E-state index in [4.69, 9.17) is 5.73 Å². The lowest BCUT2D eigenvalue weighted by atomic mass is 9.66. The Morgan fingerprint density at radius 2 is 2.05 bits per heavy atom. The zero-order valence-corrected chi connectivity index (χ0v) is 11.7. The first kappa shape index (κ1) is 14.1. The maximum absolute atomic E-state index is 12.0. The monoisotopic (exact) mass is 260 g/mol. The van der Waals surface area contributed by atoms with Crippen LogP contribution in [0.15, 0.2) is 30.3 Å². The molecule has 0 aliphatic heterocycles. The molecule has 1 unspecified atom stereocenters. The van der Waals surface area contributed by atoms with Crippen LogP contribution in [0.25, 0.3) is 0 Å². The van der Waals surface area contributed by atoms with Gasteiger partial charge in [0.05, 0.1) is 0 Å². The Kier molecular flexibility index (Phi) is 4.59. The Bertz CT molecular complexity index is 407. The number of hydrogen-bond donors (Lipinski definition) is 2. The minimum Gasteiger partial charge on any atom is -0.355 e. The molecule has 104 valence electrons. The number of rotatable bonds is 6. The number of carbonyl (C=O) groups is 1. The third-order valence-corrected chi connectivity index (χ3v) is 4.36. The molecule has 1 saturated carbocycles. The lowest BCUT2D eigenvalue weighted by Crippen LogP contribution is -2.42. The maximum Gasteiger partial charge on any atom is 0.220 e. The quantitative estimate of drug-likeness (QED) is 0.825. The third kappa shape index (κ3) is 3.57. The van der Waals surface area contributed by atoms with Crippen molar-refractivity contribution in [1.82, 2.24) is 5.32 Å². The molecule has 0 spiro atoms. The number of benzene rings is 1. The average molecular weight is 260 g/mol. The topological polar surface area (TPSA) is 55.1 Å². The molecular weight excluding hydrogens is 236 g/mol. The van der Waals surface area contributed by atoms with Crippen molar-refractivity contribution in [3.05, 3.63) is 35.9 Å². The molecule has 2 rings (SSSR count). The lowest BCUT2D eigenvalue weighted by Gasteiger charge is -2.40. The zero-order chi connectivity index (χ0) is 13.7. The summed E-state index contributed by atoms with van der Waals surface area (Å²) in [6.45, 7) is 3.47. The first-order valence-corrected chi connectivity index (χ1v) is 7.17. The van der Waals surface area contributed by atoms with E-state index in [0.29, 0.717) is 25.4 Å². The van der Waals surface area contributed by atoms with Crippen molar-refractivity contribution in [2.24, 2.45) is 11.1 Å². The molecule has 3 N–H and O–H groups in total. The van der Waals surface area contributed by atoms with Crippen LogP contribution in [0.4, 0.5) is 0 Å². The summed E-state index contributed by atoms with van der Waals surface area (Å²) in [4.78, 5) is 12.0. The van der Waals surface area contributed by atoms with Gasteiger partial charge in [-0.25, -0.2) is 0 Å². The standard InChI is InChI=1S/C16H24N2O/c1-13(14-6-3-2-4-7-14)11-18-15(19)10-16(12-17)8-5-9-16/h2-4,6-7,13H,5,8-12,17H2,1H3,(H,18,19). The number of amides is 1. The summed E-state index contributed by atoms with van der Waals surface area (Å²) in [6, 6.07) is 10.3. The summed E-state index contributed by atoms with van der Waals surface area (Å²) in [5.74, 6) is 0.494. The van der Waals surface area contributed by atoms with E-state index >= 15 is 0 Å². The van der Waals surface area contributed by atoms with Gasteiger partial charge in [-0.2, -0.15) is 0 Å². The van der Waals surface area contributed by atoms with Gasteiger partial charge >= 0.3 is 0 Å². The van der Waals surface area contributed by atoms with E-state index in [1.54, 1.807) is 0 Å². The fourth-order valence-electron chi connectivity index (χ4n) is 2.70. The van der Waals surface area contributed by atoms with Gasteiger partial charge in [0.2, 0.25) is 5.91 Å². The van der Waals surface area contributed by atoms with Crippen LogP contribution in [0.5, 0.6) is 0 Å². The second kappa shape index (κ2) is 6.20. The Morgan fingerprint density at radius 1 is 1.37 bits per heavy atom. The van der Waals surface area contributed by atoms with Gasteiger partial charge in [-0.3, -0.25) is 4.79 Å². The van der Waals surface area contributed by atoms with E-state index in [-0.39, 0.29) is 11.3 Å². The summed E-state index contributed by atoms with van der Waals surface area (Å²) in [5.41, 5.74) is 7.15. The first-order valence-electron chi connectivity index (χ1n) is 7.17. The molecule has 1 fully saturated rings. The summed E-state index contributed by atoms with van der Waals surface area (Å²) in [5, 5.41) is 3.04. The van der Waals surface area contributed by atoms with E-state index in [9.17, 15) is 4.79 Å². The van der Waals surface area contributed by atoms with E-state index in [0.717, 1.165) is 12.8 Å². The summed E-state index contributed by atoms with van der Waals surface area (Å²) >= 11 is 0. The van der Waals surface area contributed by atoms with Gasteiger partial charge in [0, 0.05) is 13.0 Å². The summed E-state index contributed by atoms with van der Waals surface area (Å²) in [6.07, 6.45) is 4.01. The van der Waals surface area contributed by atoms with Crippen LogP contribution < -0.4 is 11.1 Å². The van der Waals surface area contributed by atoms with Crippen LogP contribution in [-0.2, 0) is 4.79 Å². The first-order chi connectivity index (χ1) is 9.15. The highest BCUT2D eigenvalue weighted by molar-refractivity contribution is 5.76.